The third kappa shape index (κ3) is 4.12. The van der Waals surface area contributed by atoms with Gasteiger partial charge in [-0.15, -0.1) is 0 Å². The van der Waals surface area contributed by atoms with Gasteiger partial charge >= 0.3 is 6.09 Å². The zero-order chi connectivity index (χ0) is 18.6. The number of rotatable bonds is 5. The third-order valence-electron chi connectivity index (χ3n) is 3.69. The molecule has 0 saturated carbocycles. The molecule has 3 aromatic carbocycles. The van der Waals surface area contributed by atoms with E-state index in [1.807, 2.05) is 24.3 Å². The average Bonchev–Trinajstić information content (AvgIpc) is 2.63. The molecule has 0 aliphatic heterocycles. The summed E-state index contributed by atoms with van der Waals surface area (Å²) in [6.45, 7) is 1.99. The predicted molar refractivity (Wildman–Crippen MR) is 102 cm³/mol. The highest BCUT2D eigenvalue weighted by atomic mass is 32.2. The lowest BCUT2D eigenvalue weighted by Gasteiger charge is -2.10. The second-order valence-electron chi connectivity index (χ2n) is 5.54. The Morgan fingerprint density at radius 3 is 2.27 bits per heavy atom. The maximum absolute atomic E-state index is 12.6. The number of hydrogen-bond donors (Lipinski definition) is 2. The second kappa shape index (κ2) is 7.45. The van der Waals surface area contributed by atoms with Crippen LogP contribution in [-0.4, -0.2) is 21.1 Å². The summed E-state index contributed by atoms with van der Waals surface area (Å²) >= 11 is 0. The van der Waals surface area contributed by atoms with E-state index in [1.54, 1.807) is 49.4 Å². The van der Waals surface area contributed by atoms with Gasteiger partial charge in [0.1, 0.15) is 0 Å². The van der Waals surface area contributed by atoms with Crippen molar-refractivity contribution in [1.29, 1.82) is 0 Å². The summed E-state index contributed by atoms with van der Waals surface area (Å²) in [5, 5.41) is 4.37. The largest absolute Gasteiger partial charge is 0.450 e. The number of carbonyl (C=O) groups is 1. The van der Waals surface area contributed by atoms with E-state index in [9.17, 15) is 13.2 Å². The molecule has 0 heterocycles. The number of carbonyl (C=O) groups excluding carboxylic acids is 1. The molecule has 0 aromatic heterocycles. The number of hydrogen-bond acceptors (Lipinski definition) is 4. The minimum absolute atomic E-state index is 0.185. The van der Waals surface area contributed by atoms with Gasteiger partial charge in [-0.3, -0.25) is 10.0 Å². The lowest BCUT2D eigenvalue weighted by molar-refractivity contribution is 0.168. The van der Waals surface area contributed by atoms with Gasteiger partial charge in [0.05, 0.1) is 11.5 Å². The van der Waals surface area contributed by atoms with Crippen LogP contribution in [0.1, 0.15) is 6.92 Å². The molecule has 0 atom stereocenters. The van der Waals surface area contributed by atoms with E-state index in [0.29, 0.717) is 11.4 Å². The van der Waals surface area contributed by atoms with Gasteiger partial charge in [0.2, 0.25) is 0 Å². The highest BCUT2D eigenvalue weighted by Crippen LogP contribution is 2.22. The SMILES string of the molecule is CCOC(=O)Nc1ccc(NS(=O)(=O)c2ccc3ccccc3c2)cc1. The molecular formula is C19H18N2O4S. The van der Waals surface area contributed by atoms with Gasteiger partial charge in [-0.05, 0) is 54.1 Å². The van der Waals surface area contributed by atoms with Gasteiger partial charge < -0.3 is 4.74 Å². The van der Waals surface area contributed by atoms with E-state index < -0.39 is 16.1 Å². The fourth-order valence-electron chi connectivity index (χ4n) is 2.46. The molecule has 0 saturated heterocycles. The summed E-state index contributed by atoms with van der Waals surface area (Å²) in [4.78, 5) is 11.6. The van der Waals surface area contributed by atoms with Crippen LogP contribution in [0.25, 0.3) is 10.8 Å². The molecule has 26 heavy (non-hydrogen) atoms. The van der Waals surface area contributed by atoms with Crippen LogP contribution in [0.3, 0.4) is 0 Å². The highest BCUT2D eigenvalue weighted by Gasteiger charge is 2.14. The normalized spacial score (nSPS) is 11.1. The van der Waals surface area contributed by atoms with Gasteiger partial charge in [0.25, 0.3) is 10.0 Å². The Labute approximate surface area is 151 Å². The van der Waals surface area contributed by atoms with E-state index >= 15 is 0 Å². The highest BCUT2D eigenvalue weighted by molar-refractivity contribution is 7.92. The lowest BCUT2D eigenvalue weighted by Crippen LogP contribution is -2.14. The number of nitrogens with one attached hydrogen (secondary N) is 2. The van der Waals surface area contributed by atoms with Crippen molar-refractivity contribution in [3.8, 4) is 0 Å². The van der Waals surface area contributed by atoms with Crippen LogP contribution >= 0.6 is 0 Å². The van der Waals surface area contributed by atoms with E-state index in [2.05, 4.69) is 10.0 Å². The number of anilines is 2. The molecule has 0 bridgehead atoms. The fraction of sp³-hybridized carbons (Fsp3) is 0.105. The first kappa shape index (κ1) is 17.8. The quantitative estimate of drug-likeness (QED) is 0.705. The summed E-state index contributed by atoms with van der Waals surface area (Å²) in [6.07, 6.45) is -0.558. The predicted octanol–water partition coefficient (Wildman–Crippen LogP) is 4.21. The molecule has 0 aliphatic rings. The van der Waals surface area contributed by atoms with Crippen molar-refractivity contribution in [2.75, 3.05) is 16.6 Å². The summed E-state index contributed by atoms with van der Waals surface area (Å²) in [7, 11) is -3.71. The molecule has 0 aliphatic carbocycles. The summed E-state index contributed by atoms with van der Waals surface area (Å²) in [5.41, 5.74) is 0.907. The average molecular weight is 370 g/mol. The first-order valence-corrected chi connectivity index (χ1v) is 9.52. The van der Waals surface area contributed by atoms with Crippen molar-refractivity contribution >= 4 is 38.3 Å². The van der Waals surface area contributed by atoms with E-state index in [0.717, 1.165) is 10.8 Å². The third-order valence-corrected chi connectivity index (χ3v) is 5.07. The van der Waals surface area contributed by atoms with Crippen molar-refractivity contribution in [3.63, 3.8) is 0 Å². The Balaban J connectivity index is 1.77. The number of sulfonamides is 1. The van der Waals surface area contributed by atoms with E-state index in [1.165, 1.54) is 0 Å². The Hall–Kier alpha value is -3.06. The minimum atomic E-state index is -3.71. The number of amides is 1. The molecular weight excluding hydrogens is 352 g/mol. The molecule has 7 heteroatoms. The first-order valence-electron chi connectivity index (χ1n) is 8.03. The molecule has 0 radical (unpaired) electrons. The smallest absolute Gasteiger partial charge is 0.411 e. The summed E-state index contributed by atoms with van der Waals surface area (Å²) < 4.78 is 32.5. The molecule has 3 rings (SSSR count). The number of benzene rings is 3. The number of fused-ring (bicyclic) bond motifs is 1. The molecule has 3 aromatic rings. The van der Waals surface area contributed by atoms with Crippen molar-refractivity contribution in [3.05, 3.63) is 66.7 Å². The van der Waals surface area contributed by atoms with Crippen molar-refractivity contribution in [2.24, 2.45) is 0 Å². The van der Waals surface area contributed by atoms with Gasteiger partial charge in [0.15, 0.2) is 0 Å². The number of ether oxygens (including phenoxy) is 1. The topological polar surface area (TPSA) is 84.5 Å². The Morgan fingerprint density at radius 2 is 1.58 bits per heavy atom. The summed E-state index contributed by atoms with van der Waals surface area (Å²) in [5.74, 6) is 0. The van der Waals surface area contributed by atoms with Crippen LogP contribution in [0.15, 0.2) is 71.6 Å². The van der Waals surface area contributed by atoms with Gasteiger partial charge in [-0.1, -0.05) is 30.3 Å². The fourth-order valence-corrected chi connectivity index (χ4v) is 3.55. The molecule has 134 valence electrons. The molecule has 2 N–H and O–H groups in total. The molecule has 0 fully saturated rings. The maximum Gasteiger partial charge on any atom is 0.411 e. The standard InChI is InChI=1S/C19H18N2O4S/c1-2-25-19(22)20-16-8-10-17(11-9-16)21-26(23,24)18-12-7-14-5-3-4-6-15(14)13-18/h3-13,21H,2H2,1H3,(H,20,22). The molecule has 0 unspecified atom stereocenters. The van der Waals surface area contributed by atoms with Gasteiger partial charge in [-0.2, -0.15) is 0 Å². The Kier molecular flexibility index (Phi) is 5.09. The van der Waals surface area contributed by atoms with E-state index in [4.69, 9.17) is 4.74 Å². The van der Waals surface area contributed by atoms with Crippen molar-refractivity contribution < 1.29 is 17.9 Å². The van der Waals surface area contributed by atoms with Crippen molar-refractivity contribution in [2.45, 2.75) is 11.8 Å². The second-order valence-corrected chi connectivity index (χ2v) is 7.22. The van der Waals surface area contributed by atoms with Crippen LogP contribution < -0.4 is 10.0 Å². The monoisotopic (exact) mass is 370 g/mol. The minimum Gasteiger partial charge on any atom is -0.450 e. The molecule has 0 spiro atoms. The maximum atomic E-state index is 12.6. The van der Waals surface area contributed by atoms with Crippen LogP contribution in [0.5, 0.6) is 0 Å². The lowest BCUT2D eigenvalue weighted by atomic mass is 10.1. The van der Waals surface area contributed by atoms with Crippen LogP contribution in [0, 0.1) is 0 Å². The van der Waals surface area contributed by atoms with Crippen molar-refractivity contribution in [1.82, 2.24) is 0 Å². The van der Waals surface area contributed by atoms with Gasteiger partial charge in [0, 0.05) is 11.4 Å². The molecule has 1 amide bonds. The Bertz CT molecular complexity index is 1030. The summed E-state index contributed by atoms with van der Waals surface area (Å²) in [6, 6.07) is 18.9. The van der Waals surface area contributed by atoms with Gasteiger partial charge in [-0.25, -0.2) is 13.2 Å². The van der Waals surface area contributed by atoms with Crippen LogP contribution in [0.2, 0.25) is 0 Å². The van der Waals surface area contributed by atoms with Crippen LogP contribution in [0.4, 0.5) is 16.2 Å². The van der Waals surface area contributed by atoms with Crippen LogP contribution in [-0.2, 0) is 14.8 Å². The first-order chi connectivity index (χ1) is 12.5. The van der Waals surface area contributed by atoms with E-state index in [-0.39, 0.29) is 11.5 Å². The Morgan fingerprint density at radius 1 is 0.923 bits per heavy atom. The molecule has 6 nitrogen and oxygen atoms in total. The zero-order valence-electron chi connectivity index (χ0n) is 14.1. The zero-order valence-corrected chi connectivity index (χ0v) is 14.9.